The molecule has 0 saturated carbocycles. The van der Waals surface area contributed by atoms with Gasteiger partial charge in [-0.25, -0.2) is 19.1 Å². The van der Waals surface area contributed by atoms with Gasteiger partial charge in [-0.1, -0.05) is 6.07 Å². The Morgan fingerprint density at radius 2 is 1.55 bits per heavy atom. The molecule has 0 radical (unpaired) electrons. The van der Waals surface area contributed by atoms with E-state index in [1.807, 2.05) is 12.1 Å². The van der Waals surface area contributed by atoms with Crippen molar-refractivity contribution < 1.29 is 37.0 Å². The molecule has 1 heterocycles. The van der Waals surface area contributed by atoms with Gasteiger partial charge in [0.2, 0.25) is 0 Å². The van der Waals surface area contributed by atoms with Gasteiger partial charge < -0.3 is 9.05 Å². The zero-order valence-corrected chi connectivity index (χ0v) is 19.0. The molecule has 2 N–H and O–H groups in total. The number of hydrogen-bond donors (Lipinski definition) is 2. The van der Waals surface area contributed by atoms with E-state index in [4.69, 9.17) is 9.05 Å². The van der Waals surface area contributed by atoms with Crippen molar-refractivity contribution in [1.29, 1.82) is 0 Å². The minimum Gasteiger partial charge on any atom is -0.403 e. The summed E-state index contributed by atoms with van der Waals surface area (Å²) < 4.78 is 43.9. The van der Waals surface area contributed by atoms with Crippen LogP contribution in [0.15, 0.2) is 42.6 Å². The Morgan fingerprint density at radius 3 is 2.10 bits per heavy atom. The van der Waals surface area contributed by atoms with Crippen molar-refractivity contribution in [1.82, 2.24) is 9.97 Å². The van der Waals surface area contributed by atoms with E-state index in [2.05, 4.69) is 41.6 Å². The molecule has 0 saturated heterocycles. The standard InChI is InChI=1S/C16H15IN2O8P2/c1-24-28(20,21)26-13-4-3-5-14(27-29(22,23)25-2)15(13)16-18-9-10-8-11(17)6-7-12(10)19-16/h3-9H,1-2H3,(H,20,21)(H,22,23). The first-order valence-electron chi connectivity index (χ1n) is 7.86. The first-order valence-corrected chi connectivity index (χ1v) is 11.9. The van der Waals surface area contributed by atoms with Crippen LogP contribution in [0.4, 0.5) is 0 Å². The summed E-state index contributed by atoms with van der Waals surface area (Å²) >= 11 is 2.16. The molecule has 1 aromatic heterocycles. The lowest BCUT2D eigenvalue weighted by Gasteiger charge is -2.18. The molecular formula is C16H15IN2O8P2. The van der Waals surface area contributed by atoms with Crippen molar-refractivity contribution in [3.8, 4) is 22.9 Å². The molecule has 0 amide bonds. The summed E-state index contributed by atoms with van der Waals surface area (Å²) in [7, 11) is -6.90. The fourth-order valence-electron chi connectivity index (χ4n) is 2.33. The van der Waals surface area contributed by atoms with E-state index in [-0.39, 0.29) is 22.9 Å². The predicted molar refractivity (Wildman–Crippen MR) is 113 cm³/mol. The smallest absolute Gasteiger partial charge is 0.403 e. The Bertz CT molecular complexity index is 1110. The number of benzene rings is 2. The van der Waals surface area contributed by atoms with E-state index in [0.717, 1.165) is 23.2 Å². The summed E-state index contributed by atoms with van der Waals surface area (Å²) in [6, 6.07) is 9.58. The molecular weight excluding hydrogens is 537 g/mol. The topological polar surface area (TPSA) is 137 Å². The van der Waals surface area contributed by atoms with Crippen molar-refractivity contribution in [3.05, 3.63) is 46.2 Å². The van der Waals surface area contributed by atoms with Gasteiger partial charge in [0.05, 0.1) is 5.52 Å². The summed E-state index contributed by atoms with van der Waals surface area (Å²) in [6.45, 7) is 0. The van der Waals surface area contributed by atoms with E-state index in [9.17, 15) is 18.9 Å². The third-order valence-electron chi connectivity index (χ3n) is 3.64. The maximum absolute atomic E-state index is 11.9. The highest BCUT2D eigenvalue weighted by atomic mass is 127. The molecule has 3 aromatic rings. The van der Waals surface area contributed by atoms with Gasteiger partial charge in [-0.3, -0.25) is 18.8 Å². The lowest BCUT2D eigenvalue weighted by molar-refractivity contribution is 0.241. The van der Waals surface area contributed by atoms with Crippen LogP contribution in [-0.2, 0) is 18.2 Å². The van der Waals surface area contributed by atoms with E-state index in [1.54, 1.807) is 12.3 Å². The van der Waals surface area contributed by atoms with E-state index in [1.165, 1.54) is 18.2 Å². The van der Waals surface area contributed by atoms with Gasteiger partial charge in [0.15, 0.2) is 5.82 Å². The number of phosphoric acid groups is 2. The highest BCUT2D eigenvalue weighted by molar-refractivity contribution is 14.1. The Hall–Kier alpha value is -1.59. The molecule has 3 rings (SSSR count). The van der Waals surface area contributed by atoms with Crippen LogP contribution in [0.5, 0.6) is 11.5 Å². The zero-order valence-electron chi connectivity index (χ0n) is 15.1. The van der Waals surface area contributed by atoms with Gasteiger partial charge in [0.25, 0.3) is 0 Å². The van der Waals surface area contributed by atoms with Crippen LogP contribution < -0.4 is 9.05 Å². The summed E-state index contributed by atoms with van der Waals surface area (Å²) in [5, 5.41) is 0.760. The maximum Gasteiger partial charge on any atom is 0.527 e. The lowest BCUT2D eigenvalue weighted by atomic mass is 10.1. The van der Waals surface area contributed by atoms with Gasteiger partial charge in [0, 0.05) is 29.4 Å². The van der Waals surface area contributed by atoms with Gasteiger partial charge in [-0.15, -0.1) is 0 Å². The van der Waals surface area contributed by atoms with Crippen LogP contribution in [0, 0.1) is 3.57 Å². The second kappa shape index (κ2) is 8.65. The average molecular weight is 552 g/mol. The Labute approximate surface area is 179 Å². The summed E-state index contributed by atoms with van der Waals surface area (Å²) in [5.74, 6) is -0.330. The number of hydrogen-bond acceptors (Lipinski definition) is 8. The fraction of sp³-hybridized carbons (Fsp3) is 0.125. The zero-order chi connectivity index (χ0) is 21.2. The highest BCUT2D eigenvalue weighted by Gasteiger charge is 2.29. The van der Waals surface area contributed by atoms with Crippen LogP contribution in [0.25, 0.3) is 22.3 Å². The Morgan fingerprint density at radius 1 is 0.966 bits per heavy atom. The molecule has 0 bridgehead atoms. The fourth-order valence-corrected chi connectivity index (χ4v) is 3.80. The third kappa shape index (κ3) is 5.32. The predicted octanol–water partition coefficient (Wildman–Crippen LogP) is 4.15. The largest absolute Gasteiger partial charge is 0.527 e. The normalized spacial score (nSPS) is 15.5. The summed E-state index contributed by atoms with van der Waals surface area (Å²) in [6.07, 6.45) is 1.55. The second-order valence-corrected chi connectivity index (χ2v) is 9.73. The molecule has 0 aliphatic carbocycles. The number of fused-ring (bicyclic) bond motifs is 1. The van der Waals surface area contributed by atoms with E-state index in [0.29, 0.717) is 5.52 Å². The van der Waals surface area contributed by atoms with Crippen LogP contribution in [0.1, 0.15) is 0 Å². The molecule has 2 aromatic carbocycles. The van der Waals surface area contributed by atoms with Crippen molar-refractivity contribution in [2.45, 2.75) is 0 Å². The first kappa shape index (κ1) is 22.1. The van der Waals surface area contributed by atoms with E-state index < -0.39 is 15.6 Å². The van der Waals surface area contributed by atoms with Crippen LogP contribution in [0.3, 0.4) is 0 Å². The van der Waals surface area contributed by atoms with E-state index >= 15 is 0 Å². The second-order valence-electron chi connectivity index (χ2n) is 5.51. The molecule has 10 nitrogen and oxygen atoms in total. The Kier molecular flexibility index (Phi) is 6.59. The molecule has 13 heteroatoms. The first-order chi connectivity index (χ1) is 13.6. The van der Waals surface area contributed by atoms with Crippen molar-refractivity contribution >= 4 is 49.1 Å². The van der Waals surface area contributed by atoms with Crippen molar-refractivity contribution in [3.63, 3.8) is 0 Å². The number of nitrogens with zero attached hydrogens (tertiary/aromatic N) is 2. The average Bonchev–Trinajstić information content (AvgIpc) is 2.67. The summed E-state index contributed by atoms with van der Waals surface area (Å²) in [5.41, 5.74) is 0.555. The van der Waals surface area contributed by atoms with Gasteiger partial charge in [-0.05, 0) is 52.9 Å². The number of rotatable bonds is 7. The quantitative estimate of drug-likeness (QED) is 0.325. The number of aromatic nitrogens is 2. The molecule has 154 valence electrons. The minimum atomic E-state index is -4.45. The summed E-state index contributed by atoms with van der Waals surface area (Å²) in [4.78, 5) is 28.1. The molecule has 2 atom stereocenters. The van der Waals surface area contributed by atoms with Crippen LogP contribution in [0.2, 0.25) is 0 Å². The molecule has 2 unspecified atom stereocenters. The number of halogens is 1. The SMILES string of the molecule is COP(=O)(O)Oc1cccc(OP(=O)(O)OC)c1-c1ncc2cc(I)ccc2n1. The molecule has 29 heavy (non-hydrogen) atoms. The molecule has 0 fully saturated rings. The highest BCUT2D eigenvalue weighted by Crippen LogP contribution is 2.51. The molecule has 0 aliphatic heterocycles. The Balaban J connectivity index is 2.21. The van der Waals surface area contributed by atoms with Gasteiger partial charge in [0.1, 0.15) is 17.1 Å². The minimum absolute atomic E-state index is 0.0226. The maximum atomic E-state index is 11.9. The lowest BCUT2D eigenvalue weighted by Crippen LogP contribution is -2.01. The third-order valence-corrected chi connectivity index (χ3v) is 6.09. The van der Waals surface area contributed by atoms with Crippen LogP contribution in [-0.4, -0.2) is 34.0 Å². The van der Waals surface area contributed by atoms with Crippen molar-refractivity contribution in [2.75, 3.05) is 14.2 Å². The molecule has 0 spiro atoms. The monoisotopic (exact) mass is 552 g/mol. The van der Waals surface area contributed by atoms with Gasteiger partial charge in [-0.2, -0.15) is 0 Å². The van der Waals surface area contributed by atoms with Gasteiger partial charge >= 0.3 is 15.6 Å². The van der Waals surface area contributed by atoms with Crippen molar-refractivity contribution in [2.24, 2.45) is 0 Å². The van der Waals surface area contributed by atoms with Crippen LogP contribution >= 0.6 is 38.2 Å². The molecule has 0 aliphatic rings. The number of phosphoric ester groups is 2.